The first-order valence-corrected chi connectivity index (χ1v) is 6.85. The van der Waals surface area contributed by atoms with E-state index in [2.05, 4.69) is 0 Å². The van der Waals surface area contributed by atoms with E-state index < -0.39 is 10.8 Å². The Morgan fingerprint density at radius 3 is 3.00 bits per heavy atom. The van der Waals surface area contributed by atoms with Gasteiger partial charge >= 0.3 is 0 Å². The highest BCUT2D eigenvalue weighted by Crippen LogP contribution is 2.21. The molecule has 2 rings (SSSR count). The minimum absolute atomic E-state index is 0.140. The molecule has 0 spiro atoms. The van der Waals surface area contributed by atoms with Gasteiger partial charge < -0.3 is 10.5 Å². The van der Waals surface area contributed by atoms with Gasteiger partial charge in [-0.05, 0) is 37.5 Å². The van der Waals surface area contributed by atoms with Crippen molar-refractivity contribution in [1.82, 2.24) is 0 Å². The zero-order valence-corrected chi connectivity index (χ0v) is 10.3. The van der Waals surface area contributed by atoms with Gasteiger partial charge in [0.15, 0.2) is 0 Å². The fourth-order valence-electron chi connectivity index (χ4n) is 1.91. The molecule has 4 heteroatoms. The first kappa shape index (κ1) is 11.6. The van der Waals surface area contributed by atoms with E-state index in [9.17, 15) is 4.21 Å². The van der Waals surface area contributed by atoms with Crippen molar-refractivity contribution in [3.05, 3.63) is 23.8 Å². The molecule has 1 fully saturated rings. The van der Waals surface area contributed by atoms with Gasteiger partial charge in [0.25, 0.3) is 0 Å². The normalized spacial score (nSPS) is 22.2. The number of ether oxygens (including phenoxy) is 1. The predicted molar refractivity (Wildman–Crippen MR) is 65.8 cm³/mol. The molecule has 1 aliphatic heterocycles. The molecule has 3 nitrogen and oxygen atoms in total. The molecular formula is C12H17NO2S. The molecule has 0 aliphatic carbocycles. The Kier molecular flexibility index (Phi) is 3.61. The average molecular weight is 239 g/mol. The molecule has 2 atom stereocenters. The van der Waals surface area contributed by atoms with Crippen LogP contribution in [0.2, 0.25) is 0 Å². The minimum atomic E-state index is -1.04. The summed E-state index contributed by atoms with van der Waals surface area (Å²) < 4.78 is 17.6. The summed E-state index contributed by atoms with van der Waals surface area (Å²) in [6.45, 7) is 2.77. The summed E-state index contributed by atoms with van der Waals surface area (Å²) in [5, 5.41) is 0. The largest absolute Gasteiger partial charge is 0.398 e. The molecule has 0 saturated carbocycles. The van der Waals surface area contributed by atoms with Gasteiger partial charge in [0.05, 0.1) is 27.6 Å². The molecule has 1 aromatic carbocycles. The van der Waals surface area contributed by atoms with Crippen molar-refractivity contribution in [2.24, 2.45) is 0 Å². The Labute approximate surface area is 98.4 Å². The standard InChI is InChI=1S/C12H17NO2S/c1-9-4-5-12(11(13)7-9)16(14)8-10-3-2-6-15-10/h4-5,7,10H,2-3,6,8,13H2,1H3. The van der Waals surface area contributed by atoms with E-state index in [1.165, 1.54) is 0 Å². The van der Waals surface area contributed by atoms with Gasteiger partial charge in [-0.15, -0.1) is 0 Å². The summed E-state index contributed by atoms with van der Waals surface area (Å²) in [7, 11) is -1.04. The minimum Gasteiger partial charge on any atom is -0.398 e. The highest BCUT2D eigenvalue weighted by atomic mass is 32.2. The van der Waals surface area contributed by atoms with E-state index in [1.807, 2.05) is 25.1 Å². The number of anilines is 1. The van der Waals surface area contributed by atoms with E-state index in [-0.39, 0.29) is 6.10 Å². The van der Waals surface area contributed by atoms with Crippen molar-refractivity contribution in [2.75, 3.05) is 18.1 Å². The average Bonchev–Trinajstić information content (AvgIpc) is 2.70. The molecule has 1 aliphatic rings. The Morgan fingerprint density at radius 2 is 2.38 bits per heavy atom. The lowest BCUT2D eigenvalue weighted by Gasteiger charge is -2.10. The van der Waals surface area contributed by atoms with Gasteiger partial charge in [-0.25, -0.2) is 0 Å². The summed E-state index contributed by atoms with van der Waals surface area (Å²) in [6.07, 6.45) is 2.23. The Bertz CT molecular complexity index is 400. The van der Waals surface area contributed by atoms with E-state index in [0.29, 0.717) is 11.4 Å². The van der Waals surface area contributed by atoms with Gasteiger partial charge in [0, 0.05) is 12.3 Å². The maximum absolute atomic E-state index is 12.1. The number of rotatable bonds is 3. The number of hydrogen-bond acceptors (Lipinski definition) is 3. The summed E-state index contributed by atoms with van der Waals surface area (Å²) in [5.74, 6) is 0.563. The number of nitrogen functional groups attached to an aromatic ring is 1. The van der Waals surface area contributed by atoms with E-state index in [0.717, 1.165) is 29.9 Å². The Balaban J connectivity index is 2.08. The predicted octanol–water partition coefficient (Wildman–Crippen LogP) is 1.86. The summed E-state index contributed by atoms with van der Waals surface area (Å²) in [5.41, 5.74) is 7.58. The molecule has 0 aromatic heterocycles. The van der Waals surface area contributed by atoms with Gasteiger partial charge in [0.2, 0.25) is 0 Å². The SMILES string of the molecule is Cc1ccc(S(=O)CC2CCCO2)c(N)c1. The van der Waals surface area contributed by atoms with Gasteiger partial charge in [-0.1, -0.05) is 6.07 Å². The fraction of sp³-hybridized carbons (Fsp3) is 0.500. The van der Waals surface area contributed by atoms with Crippen molar-refractivity contribution in [3.8, 4) is 0 Å². The van der Waals surface area contributed by atoms with Crippen molar-refractivity contribution in [3.63, 3.8) is 0 Å². The first-order valence-electron chi connectivity index (χ1n) is 5.53. The zero-order valence-electron chi connectivity index (χ0n) is 9.44. The van der Waals surface area contributed by atoms with Crippen LogP contribution in [-0.4, -0.2) is 22.7 Å². The summed E-state index contributed by atoms with van der Waals surface area (Å²) in [4.78, 5) is 0.737. The van der Waals surface area contributed by atoms with Crippen LogP contribution < -0.4 is 5.73 Å². The lowest BCUT2D eigenvalue weighted by molar-refractivity contribution is 0.128. The molecular weight excluding hydrogens is 222 g/mol. The van der Waals surface area contributed by atoms with Crippen LogP contribution >= 0.6 is 0 Å². The lowest BCUT2D eigenvalue weighted by Crippen LogP contribution is -2.16. The van der Waals surface area contributed by atoms with Crippen LogP contribution in [0.25, 0.3) is 0 Å². The topological polar surface area (TPSA) is 52.3 Å². The van der Waals surface area contributed by atoms with Crippen LogP contribution in [0, 0.1) is 6.92 Å². The van der Waals surface area contributed by atoms with Gasteiger partial charge in [0.1, 0.15) is 0 Å². The third-order valence-corrected chi connectivity index (χ3v) is 4.31. The quantitative estimate of drug-likeness (QED) is 0.819. The van der Waals surface area contributed by atoms with Crippen molar-refractivity contribution >= 4 is 16.5 Å². The zero-order chi connectivity index (χ0) is 11.5. The highest BCUT2D eigenvalue weighted by Gasteiger charge is 2.20. The van der Waals surface area contributed by atoms with Crippen LogP contribution in [0.3, 0.4) is 0 Å². The van der Waals surface area contributed by atoms with Gasteiger partial charge in [-0.2, -0.15) is 0 Å². The number of benzene rings is 1. The third-order valence-electron chi connectivity index (χ3n) is 2.77. The van der Waals surface area contributed by atoms with Crippen LogP contribution in [0.4, 0.5) is 5.69 Å². The summed E-state index contributed by atoms with van der Waals surface area (Å²) in [6, 6.07) is 5.66. The molecule has 1 aromatic rings. The lowest BCUT2D eigenvalue weighted by atomic mass is 10.2. The molecule has 0 radical (unpaired) electrons. The van der Waals surface area contributed by atoms with Crippen LogP contribution in [-0.2, 0) is 15.5 Å². The molecule has 0 bridgehead atoms. The molecule has 1 saturated heterocycles. The van der Waals surface area contributed by atoms with E-state index in [4.69, 9.17) is 10.5 Å². The fourth-order valence-corrected chi connectivity index (χ4v) is 3.23. The monoisotopic (exact) mass is 239 g/mol. The smallest absolute Gasteiger partial charge is 0.0694 e. The molecule has 1 heterocycles. The third kappa shape index (κ3) is 2.62. The van der Waals surface area contributed by atoms with E-state index >= 15 is 0 Å². The molecule has 16 heavy (non-hydrogen) atoms. The van der Waals surface area contributed by atoms with E-state index in [1.54, 1.807) is 0 Å². The second-order valence-corrected chi connectivity index (χ2v) is 5.65. The maximum atomic E-state index is 12.1. The van der Waals surface area contributed by atoms with Crippen molar-refractivity contribution in [2.45, 2.75) is 30.8 Å². The van der Waals surface area contributed by atoms with Crippen LogP contribution in [0.15, 0.2) is 23.1 Å². The van der Waals surface area contributed by atoms with Crippen molar-refractivity contribution < 1.29 is 8.95 Å². The first-order chi connectivity index (χ1) is 7.66. The Morgan fingerprint density at radius 1 is 1.56 bits per heavy atom. The molecule has 88 valence electrons. The summed E-state index contributed by atoms with van der Waals surface area (Å²) >= 11 is 0. The van der Waals surface area contributed by atoms with Crippen molar-refractivity contribution in [1.29, 1.82) is 0 Å². The highest BCUT2D eigenvalue weighted by molar-refractivity contribution is 7.85. The second kappa shape index (κ2) is 4.97. The maximum Gasteiger partial charge on any atom is 0.0694 e. The molecule has 2 unspecified atom stereocenters. The number of hydrogen-bond donors (Lipinski definition) is 1. The number of nitrogens with two attached hydrogens (primary N) is 1. The van der Waals surface area contributed by atoms with Crippen LogP contribution in [0.5, 0.6) is 0 Å². The molecule has 0 amide bonds. The molecule has 2 N–H and O–H groups in total. The Hall–Kier alpha value is -0.870. The van der Waals surface area contributed by atoms with Gasteiger partial charge in [-0.3, -0.25) is 4.21 Å². The second-order valence-electron chi connectivity index (χ2n) is 4.19. The van der Waals surface area contributed by atoms with Crippen LogP contribution in [0.1, 0.15) is 18.4 Å². The number of aryl methyl sites for hydroxylation is 1.